The first-order valence-electron chi connectivity index (χ1n) is 7.37. The molecule has 0 radical (unpaired) electrons. The molecule has 2 N–H and O–H groups in total. The number of aliphatic imine (C=N–C) groups is 1. The lowest BCUT2D eigenvalue weighted by molar-refractivity contribution is 0.142. The van der Waals surface area contributed by atoms with Gasteiger partial charge in [-0.05, 0) is 46.1 Å². The van der Waals surface area contributed by atoms with Crippen LogP contribution in [0.3, 0.4) is 0 Å². The van der Waals surface area contributed by atoms with Crippen molar-refractivity contribution >= 4 is 29.9 Å². The molecule has 0 bridgehead atoms. The van der Waals surface area contributed by atoms with Gasteiger partial charge in [0.2, 0.25) is 0 Å². The van der Waals surface area contributed by atoms with E-state index in [0.717, 1.165) is 25.6 Å². The van der Waals surface area contributed by atoms with Gasteiger partial charge in [-0.15, -0.1) is 24.0 Å². The van der Waals surface area contributed by atoms with Crippen molar-refractivity contribution in [3.05, 3.63) is 0 Å². The van der Waals surface area contributed by atoms with Crippen molar-refractivity contribution < 1.29 is 0 Å². The van der Waals surface area contributed by atoms with Gasteiger partial charge in [-0.2, -0.15) is 0 Å². The highest BCUT2D eigenvalue weighted by Gasteiger charge is 2.20. The van der Waals surface area contributed by atoms with E-state index >= 15 is 0 Å². The molecule has 1 aliphatic heterocycles. The average Bonchev–Trinajstić information content (AvgIpc) is 2.37. The van der Waals surface area contributed by atoms with Crippen LogP contribution in [0.2, 0.25) is 0 Å². The maximum absolute atomic E-state index is 6.00. The Hall–Kier alpha value is -0.0400. The van der Waals surface area contributed by atoms with Crippen molar-refractivity contribution in [1.82, 2.24) is 9.80 Å². The van der Waals surface area contributed by atoms with Crippen molar-refractivity contribution in [2.75, 3.05) is 32.7 Å². The maximum Gasteiger partial charge on any atom is 0.191 e. The van der Waals surface area contributed by atoms with Crippen LogP contribution in [0.5, 0.6) is 0 Å². The fourth-order valence-corrected chi connectivity index (χ4v) is 2.61. The zero-order valence-corrected chi connectivity index (χ0v) is 15.3. The van der Waals surface area contributed by atoms with Crippen LogP contribution in [0.4, 0.5) is 0 Å². The topological polar surface area (TPSA) is 44.9 Å². The first kappa shape index (κ1) is 19.0. The highest BCUT2D eigenvalue weighted by molar-refractivity contribution is 14.0. The molecule has 19 heavy (non-hydrogen) atoms. The smallest absolute Gasteiger partial charge is 0.191 e. The lowest BCUT2D eigenvalue weighted by atomic mass is 9.99. The summed E-state index contributed by atoms with van der Waals surface area (Å²) in [5.74, 6) is 1.52. The SMILES string of the molecule is CCN(CC)C(N)=NCC(C)N1CCCC(C)C1.I. The van der Waals surface area contributed by atoms with Crippen molar-refractivity contribution in [3.63, 3.8) is 0 Å². The normalized spacial score (nSPS) is 22.7. The molecule has 1 fully saturated rings. The van der Waals surface area contributed by atoms with Crippen molar-refractivity contribution in [2.24, 2.45) is 16.6 Å². The predicted octanol–water partition coefficient (Wildman–Crippen LogP) is 2.38. The Morgan fingerprint density at radius 1 is 1.42 bits per heavy atom. The van der Waals surface area contributed by atoms with Gasteiger partial charge in [-0.1, -0.05) is 6.92 Å². The van der Waals surface area contributed by atoms with Crippen LogP contribution in [0.1, 0.15) is 40.5 Å². The number of likely N-dealkylation sites (tertiary alicyclic amines) is 1. The summed E-state index contributed by atoms with van der Waals surface area (Å²) in [6, 6.07) is 0.502. The second-order valence-electron chi connectivity index (χ2n) is 5.46. The summed E-state index contributed by atoms with van der Waals surface area (Å²) in [7, 11) is 0. The van der Waals surface area contributed by atoms with E-state index in [9.17, 15) is 0 Å². The van der Waals surface area contributed by atoms with Gasteiger partial charge in [-0.3, -0.25) is 9.89 Å². The largest absolute Gasteiger partial charge is 0.370 e. The monoisotopic (exact) mass is 382 g/mol. The third-order valence-electron chi connectivity index (χ3n) is 3.92. The summed E-state index contributed by atoms with van der Waals surface area (Å²) >= 11 is 0. The number of hydrogen-bond donors (Lipinski definition) is 1. The number of rotatable bonds is 5. The molecule has 1 rings (SSSR count). The summed E-state index contributed by atoms with van der Waals surface area (Å²) in [6.07, 6.45) is 2.69. The van der Waals surface area contributed by atoms with Crippen LogP contribution in [0, 0.1) is 5.92 Å². The van der Waals surface area contributed by atoms with Gasteiger partial charge in [-0.25, -0.2) is 0 Å². The fourth-order valence-electron chi connectivity index (χ4n) is 2.61. The molecule has 4 nitrogen and oxygen atoms in total. The van der Waals surface area contributed by atoms with Gasteiger partial charge in [0, 0.05) is 25.7 Å². The molecule has 0 amide bonds. The molecule has 1 heterocycles. The standard InChI is InChI=1S/C14H30N4.HI/c1-5-17(6-2)14(15)16-10-13(4)18-9-7-8-12(3)11-18;/h12-13H,5-11H2,1-4H3,(H2,15,16);1H. The molecule has 0 aromatic rings. The molecule has 0 saturated carbocycles. The van der Waals surface area contributed by atoms with E-state index in [2.05, 4.69) is 42.5 Å². The quantitative estimate of drug-likeness (QED) is 0.451. The maximum atomic E-state index is 6.00. The number of piperidine rings is 1. The highest BCUT2D eigenvalue weighted by Crippen LogP contribution is 2.17. The first-order valence-corrected chi connectivity index (χ1v) is 7.37. The Morgan fingerprint density at radius 3 is 2.58 bits per heavy atom. The van der Waals surface area contributed by atoms with E-state index in [0.29, 0.717) is 12.0 Å². The number of nitrogens with zero attached hydrogens (tertiary/aromatic N) is 3. The Labute approximate surface area is 135 Å². The molecule has 1 aliphatic rings. The number of halogens is 1. The summed E-state index contributed by atoms with van der Waals surface area (Å²) in [5.41, 5.74) is 6.00. The lowest BCUT2D eigenvalue weighted by Crippen LogP contribution is -2.43. The van der Waals surface area contributed by atoms with Crippen molar-refractivity contribution in [2.45, 2.75) is 46.6 Å². The van der Waals surface area contributed by atoms with Crippen LogP contribution in [0.15, 0.2) is 4.99 Å². The minimum absolute atomic E-state index is 0. The van der Waals surface area contributed by atoms with E-state index in [1.807, 2.05) is 0 Å². The van der Waals surface area contributed by atoms with Gasteiger partial charge >= 0.3 is 0 Å². The van der Waals surface area contributed by atoms with Crippen LogP contribution in [0.25, 0.3) is 0 Å². The molecule has 0 spiro atoms. The zero-order valence-electron chi connectivity index (χ0n) is 12.9. The fraction of sp³-hybridized carbons (Fsp3) is 0.929. The molecule has 114 valence electrons. The van der Waals surface area contributed by atoms with Crippen molar-refractivity contribution in [3.8, 4) is 0 Å². The molecule has 0 aromatic carbocycles. The third kappa shape index (κ3) is 6.29. The minimum atomic E-state index is 0. The predicted molar refractivity (Wildman–Crippen MR) is 94.3 cm³/mol. The Balaban J connectivity index is 0.00000324. The Morgan fingerprint density at radius 2 is 2.05 bits per heavy atom. The van der Waals surface area contributed by atoms with Gasteiger partial charge in [0.05, 0.1) is 6.54 Å². The molecule has 0 aromatic heterocycles. The first-order chi connectivity index (χ1) is 8.58. The van der Waals surface area contributed by atoms with Gasteiger partial charge in [0.25, 0.3) is 0 Å². The molecular weight excluding hydrogens is 351 g/mol. The molecular formula is C14H31IN4. The molecule has 2 unspecified atom stereocenters. The van der Waals surface area contributed by atoms with Crippen molar-refractivity contribution in [1.29, 1.82) is 0 Å². The summed E-state index contributed by atoms with van der Waals surface area (Å²) < 4.78 is 0. The molecule has 0 aliphatic carbocycles. The third-order valence-corrected chi connectivity index (χ3v) is 3.92. The van der Waals surface area contributed by atoms with E-state index in [1.165, 1.54) is 25.9 Å². The van der Waals surface area contributed by atoms with E-state index in [4.69, 9.17) is 5.73 Å². The van der Waals surface area contributed by atoms with E-state index < -0.39 is 0 Å². The van der Waals surface area contributed by atoms with Gasteiger partial charge in [0.15, 0.2) is 5.96 Å². The molecule has 1 saturated heterocycles. The summed E-state index contributed by atoms with van der Waals surface area (Å²) in [6.45, 7) is 13.9. The number of nitrogens with two attached hydrogens (primary N) is 1. The van der Waals surface area contributed by atoms with Crippen LogP contribution < -0.4 is 5.73 Å². The van der Waals surface area contributed by atoms with Crippen LogP contribution >= 0.6 is 24.0 Å². The second-order valence-corrected chi connectivity index (χ2v) is 5.46. The Bertz CT molecular complexity index is 266. The van der Waals surface area contributed by atoms with E-state index in [1.54, 1.807) is 0 Å². The zero-order chi connectivity index (χ0) is 13.5. The molecule has 2 atom stereocenters. The average molecular weight is 382 g/mol. The lowest BCUT2D eigenvalue weighted by Gasteiger charge is -2.35. The highest BCUT2D eigenvalue weighted by atomic mass is 127. The van der Waals surface area contributed by atoms with Gasteiger partial charge in [0.1, 0.15) is 0 Å². The van der Waals surface area contributed by atoms with Crippen LogP contribution in [-0.4, -0.2) is 54.5 Å². The van der Waals surface area contributed by atoms with Crippen LogP contribution in [-0.2, 0) is 0 Å². The number of guanidine groups is 1. The summed E-state index contributed by atoms with van der Waals surface area (Å²) in [5, 5.41) is 0. The Kier molecular flexibility index (Phi) is 9.78. The molecule has 5 heteroatoms. The minimum Gasteiger partial charge on any atom is -0.370 e. The second kappa shape index (κ2) is 9.80. The summed E-state index contributed by atoms with van der Waals surface area (Å²) in [4.78, 5) is 9.20. The number of hydrogen-bond acceptors (Lipinski definition) is 2. The van der Waals surface area contributed by atoms with Gasteiger partial charge < -0.3 is 10.6 Å². The van der Waals surface area contributed by atoms with E-state index in [-0.39, 0.29) is 24.0 Å².